The molecule has 8 nitrogen and oxygen atoms in total. The monoisotopic (exact) mass is 472 g/mol. The van der Waals surface area contributed by atoms with Gasteiger partial charge in [0.1, 0.15) is 0 Å². The van der Waals surface area contributed by atoms with Crippen LogP contribution in [0.15, 0.2) is 60.9 Å². The van der Waals surface area contributed by atoms with Crippen LogP contribution in [0.3, 0.4) is 0 Å². The number of nitrogens with one attached hydrogen (secondary N) is 2. The molecule has 1 aliphatic heterocycles. The van der Waals surface area contributed by atoms with Gasteiger partial charge in [0.15, 0.2) is 0 Å². The van der Waals surface area contributed by atoms with Crippen molar-refractivity contribution in [2.75, 3.05) is 37.4 Å². The number of hydrogen-bond acceptors (Lipinski definition) is 6. The molecule has 2 N–H and O–H groups in total. The number of likely N-dealkylation sites (N-methyl/N-ethyl adjacent to an activating group) is 1. The Morgan fingerprint density at radius 2 is 1.74 bits per heavy atom. The van der Waals surface area contributed by atoms with Crippen molar-refractivity contribution in [3.8, 4) is 11.1 Å². The molecule has 35 heavy (non-hydrogen) atoms. The predicted octanol–water partition coefficient (Wildman–Crippen LogP) is 3.73. The summed E-state index contributed by atoms with van der Waals surface area (Å²) in [6.07, 6.45) is 4.15. The quantitative estimate of drug-likeness (QED) is 0.545. The van der Waals surface area contributed by atoms with E-state index in [-0.39, 0.29) is 23.9 Å². The summed E-state index contributed by atoms with van der Waals surface area (Å²) in [7, 11) is 3.95. The summed E-state index contributed by atoms with van der Waals surface area (Å²) in [5.41, 5.74) is 4.56. The number of benzene rings is 2. The van der Waals surface area contributed by atoms with Crippen molar-refractivity contribution in [3.05, 3.63) is 72.1 Å². The van der Waals surface area contributed by atoms with Crippen molar-refractivity contribution >= 4 is 23.5 Å². The van der Waals surface area contributed by atoms with Gasteiger partial charge in [-0.2, -0.15) is 0 Å². The van der Waals surface area contributed by atoms with Crippen molar-refractivity contribution in [1.82, 2.24) is 20.2 Å². The maximum Gasteiger partial charge on any atom is 0.251 e. The first-order valence-electron chi connectivity index (χ1n) is 11.8. The van der Waals surface area contributed by atoms with Crippen LogP contribution in [0.4, 0.5) is 11.6 Å². The fraction of sp³-hybridized carbons (Fsp3) is 0.333. The summed E-state index contributed by atoms with van der Waals surface area (Å²) < 4.78 is 0. The lowest BCUT2D eigenvalue weighted by Gasteiger charge is -2.39. The van der Waals surface area contributed by atoms with Crippen LogP contribution in [0.5, 0.6) is 0 Å². The Morgan fingerprint density at radius 3 is 2.40 bits per heavy atom. The molecule has 2 atom stereocenters. The number of anilines is 2. The summed E-state index contributed by atoms with van der Waals surface area (Å²) in [6, 6.07) is 15.5. The van der Waals surface area contributed by atoms with E-state index in [9.17, 15) is 9.59 Å². The number of fused-ring (bicyclic) bond motifs is 1. The molecule has 0 saturated heterocycles. The van der Waals surface area contributed by atoms with Gasteiger partial charge in [-0.05, 0) is 74.5 Å². The second-order valence-corrected chi connectivity index (χ2v) is 9.15. The minimum Gasteiger partial charge on any atom is -0.351 e. The van der Waals surface area contributed by atoms with Crippen LogP contribution in [0.25, 0.3) is 11.1 Å². The first-order valence-corrected chi connectivity index (χ1v) is 11.8. The minimum atomic E-state index is -0.0814. The van der Waals surface area contributed by atoms with Gasteiger partial charge < -0.3 is 20.4 Å². The van der Waals surface area contributed by atoms with Gasteiger partial charge >= 0.3 is 0 Å². The van der Waals surface area contributed by atoms with Crippen LogP contribution in [-0.2, 0) is 4.79 Å². The van der Waals surface area contributed by atoms with Crippen LogP contribution >= 0.6 is 0 Å². The van der Waals surface area contributed by atoms with Gasteiger partial charge in [0, 0.05) is 49.7 Å². The molecule has 1 aromatic heterocycles. The van der Waals surface area contributed by atoms with Gasteiger partial charge in [-0.1, -0.05) is 18.2 Å². The van der Waals surface area contributed by atoms with E-state index in [1.54, 1.807) is 25.4 Å². The first kappa shape index (κ1) is 24.3. The standard InChI is InChI=1S/C27H32N6O2/c1-18-16-24(31-27-29-12-5-13-30-27)23-17-22(10-11-25(23)33(18)19(2)34)20-6-8-21(9-7-20)26(35)28-14-15-32(3)4/h5-13,17-18,24H,14-16H2,1-4H3,(H,28,35)(H,29,30,31). The average molecular weight is 473 g/mol. The van der Waals surface area contributed by atoms with Gasteiger partial charge in [-0.3, -0.25) is 9.59 Å². The number of nitrogens with zero attached hydrogens (tertiary/aromatic N) is 4. The third-order valence-corrected chi connectivity index (χ3v) is 6.21. The zero-order valence-corrected chi connectivity index (χ0v) is 20.7. The highest BCUT2D eigenvalue weighted by Gasteiger charge is 2.33. The van der Waals surface area contributed by atoms with Crippen LogP contribution in [-0.4, -0.2) is 59.9 Å². The van der Waals surface area contributed by atoms with Gasteiger partial charge in [0.05, 0.1) is 6.04 Å². The Hall–Kier alpha value is -3.78. The van der Waals surface area contributed by atoms with E-state index in [0.29, 0.717) is 18.1 Å². The number of carbonyl (C=O) groups is 2. The first-order chi connectivity index (χ1) is 16.8. The zero-order valence-electron chi connectivity index (χ0n) is 20.7. The van der Waals surface area contributed by atoms with Crippen LogP contribution in [0.1, 0.15) is 42.2 Å². The molecule has 4 rings (SSSR count). The van der Waals surface area contributed by atoms with Gasteiger partial charge in [0.2, 0.25) is 11.9 Å². The lowest BCUT2D eigenvalue weighted by atomic mass is 9.89. The van der Waals surface area contributed by atoms with Crippen molar-refractivity contribution < 1.29 is 9.59 Å². The SMILES string of the molecule is CC(=O)N1c2ccc(-c3ccc(C(=O)NCCN(C)C)cc3)cc2C(Nc2ncccn2)CC1C. The smallest absolute Gasteiger partial charge is 0.251 e. The Bertz CT molecular complexity index is 1180. The normalized spacial score (nSPS) is 17.1. The van der Waals surface area contributed by atoms with Crippen LogP contribution < -0.4 is 15.5 Å². The van der Waals surface area contributed by atoms with Gasteiger partial charge in [0.25, 0.3) is 5.91 Å². The Kier molecular flexibility index (Phi) is 7.41. The van der Waals surface area contributed by atoms with Crippen molar-refractivity contribution in [2.24, 2.45) is 0 Å². The summed E-state index contributed by atoms with van der Waals surface area (Å²) in [6.45, 7) is 5.05. The predicted molar refractivity (Wildman–Crippen MR) is 138 cm³/mol. The van der Waals surface area contributed by atoms with E-state index < -0.39 is 0 Å². The molecule has 0 fully saturated rings. The molecule has 3 aromatic rings. The summed E-state index contributed by atoms with van der Waals surface area (Å²) in [5.74, 6) is 0.495. The highest BCUT2D eigenvalue weighted by molar-refractivity contribution is 5.95. The molecule has 0 radical (unpaired) electrons. The van der Waals surface area contributed by atoms with E-state index in [2.05, 4.69) is 33.6 Å². The van der Waals surface area contributed by atoms with E-state index in [1.165, 1.54) is 0 Å². The molecular weight excluding hydrogens is 440 g/mol. The highest BCUT2D eigenvalue weighted by Crippen LogP contribution is 2.40. The maximum absolute atomic E-state index is 12.4. The van der Waals surface area contributed by atoms with Gasteiger partial charge in [-0.25, -0.2) is 9.97 Å². The van der Waals surface area contributed by atoms with Crippen LogP contribution in [0, 0.1) is 0 Å². The molecule has 2 unspecified atom stereocenters. The van der Waals surface area contributed by atoms with Gasteiger partial charge in [-0.15, -0.1) is 0 Å². The summed E-state index contributed by atoms with van der Waals surface area (Å²) in [5, 5.41) is 6.38. The Morgan fingerprint density at radius 1 is 1.06 bits per heavy atom. The molecule has 0 bridgehead atoms. The van der Waals surface area contributed by atoms with E-state index in [4.69, 9.17) is 0 Å². The van der Waals surface area contributed by atoms with Crippen molar-refractivity contribution in [1.29, 1.82) is 0 Å². The molecule has 2 amide bonds. The number of rotatable bonds is 7. The summed E-state index contributed by atoms with van der Waals surface area (Å²) >= 11 is 0. The lowest BCUT2D eigenvalue weighted by molar-refractivity contribution is -0.117. The van der Waals surface area contributed by atoms with Crippen LogP contribution in [0.2, 0.25) is 0 Å². The highest BCUT2D eigenvalue weighted by atomic mass is 16.2. The third kappa shape index (κ3) is 5.66. The Balaban J connectivity index is 1.61. The van der Waals surface area contributed by atoms with E-state index in [1.807, 2.05) is 60.3 Å². The lowest BCUT2D eigenvalue weighted by Crippen LogP contribution is -2.43. The summed E-state index contributed by atoms with van der Waals surface area (Å²) in [4.78, 5) is 37.4. The zero-order chi connectivity index (χ0) is 24.9. The number of hydrogen-bond donors (Lipinski definition) is 2. The topological polar surface area (TPSA) is 90.5 Å². The molecule has 0 spiro atoms. The largest absolute Gasteiger partial charge is 0.351 e. The van der Waals surface area contributed by atoms with Crippen molar-refractivity contribution in [2.45, 2.75) is 32.4 Å². The molecule has 0 saturated carbocycles. The Labute approximate surface area is 206 Å². The molecule has 0 aliphatic carbocycles. The fourth-order valence-electron chi connectivity index (χ4n) is 4.50. The fourth-order valence-corrected chi connectivity index (χ4v) is 4.50. The second kappa shape index (κ2) is 10.7. The second-order valence-electron chi connectivity index (χ2n) is 9.15. The number of amides is 2. The average Bonchev–Trinajstić information content (AvgIpc) is 2.84. The molecule has 8 heteroatoms. The van der Waals surface area contributed by atoms with E-state index >= 15 is 0 Å². The third-order valence-electron chi connectivity index (χ3n) is 6.21. The van der Waals surface area contributed by atoms with Crippen molar-refractivity contribution in [3.63, 3.8) is 0 Å². The maximum atomic E-state index is 12.4. The van der Waals surface area contributed by atoms with E-state index in [0.717, 1.165) is 35.3 Å². The molecule has 2 aromatic carbocycles. The molecule has 2 heterocycles. The number of carbonyl (C=O) groups excluding carboxylic acids is 2. The number of aromatic nitrogens is 2. The molecular formula is C27H32N6O2. The molecule has 182 valence electrons. The minimum absolute atomic E-state index is 0.0190. The molecule has 1 aliphatic rings.